The van der Waals surface area contributed by atoms with E-state index in [1.807, 2.05) is 18.7 Å². The summed E-state index contributed by atoms with van der Waals surface area (Å²) in [5.41, 5.74) is 3.91. The van der Waals surface area contributed by atoms with Gasteiger partial charge in [0.05, 0.1) is 11.6 Å². The molecule has 2 heterocycles. The van der Waals surface area contributed by atoms with E-state index in [2.05, 4.69) is 53.7 Å². The molecule has 3 rings (SSSR count). The van der Waals surface area contributed by atoms with Crippen molar-refractivity contribution < 1.29 is 13.9 Å². The molecular formula is C21H31N5O3. The van der Waals surface area contributed by atoms with E-state index in [4.69, 9.17) is 9.15 Å². The Balaban J connectivity index is 1.88. The van der Waals surface area contributed by atoms with Crippen molar-refractivity contribution in [3.63, 3.8) is 0 Å². The van der Waals surface area contributed by atoms with Crippen molar-refractivity contribution in [1.82, 2.24) is 20.4 Å². The van der Waals surface area contributed by atoms with Crippen molar-refractivity contribution in [2.45, 2.75) is 59.6 Å². The van der Waals surface area contributed by atoms with Crippen molar-refractivity contribution >= 4 is 17.8 Å². The van der Waals surface area contributed by atoms with Gasteiger partial charge in [-0.05, 0) is 63.8 Å². The Labute approximate surface area is 172 Å². The molecule has 1 aromatic heterocycles. The lowest BCUT2D eigenvalue weighted by atomic mass is 9.86. The maximum Gasteiger partial charge on any atom is 0.410 e. The number of carbonyl (C=O) groups is 1. The van der Waals surface area contributed by atoms with Crippen LogP contribution < -0.4 is 10.6 Å². The number of amides is 1. The van der Waals surface area contributed by atoms with Crippen molar-refractivity contribution in [3.05, 3.63) is 34.7 Å². The molecule has 0 radical (unpaired) electrons. The number of rotatable bonds is 5. The summed E-state index contributed by atoms with van der Waals surface area (Å²) >= 11 is 0. The molecule has 0 saturated carbocycles. The Morgan fingerprint density at radius 2 is 2.10 bits per heavy atom. The van der Waals surface area contributed by atoms with Gasteiger partial charge in [0.2, 0.25) is 5.89 Å². The zero-order valence-electron chi connectivity index (χ0n) is 18.1. The molecular weight excluding hydrogens is 370 g/mol. The first-order valence-corrected chi connectivity index (χ1v) is 10.0. The summed E-state index contributed by atoms with van der Waals surface area (Å²) in [4.78, 5) is 14.6. The second kappa shape index (κ2) is 8.41. The summed E-state index contributed by atoms with van der Waals surface area (Å²) in [5.74, 6) is 0.512. The number of anilines is 2. The predicted octanol–water partition coefficient (Wildman–Crippen LogP) is 3.49. The molecule has 0 bridgehead atoms. The molecule has 1 aliphatic rings. The third kappa shape index (κ3) is 4.87. The van der Waals surface area contributed by atoms with Crippen LogP contribution >= 0.6 is 0 Å². The molecule has 0 unspecified atom stereocenters. The monoisotopic (exact) mass is 401 g/mol. The highest BCUT2D eigenvalue weighted by molar-refractivity contribution is 5.69. The first kappa shape index (κ1) is 21.1. The first-order valence-electron chi connectivity index (χ1n) is 10.0. The second-order valence-corrected chi connectivity index (χ2v) is 8.28. The van der Waals surface area contributed by atoms with Gasteiger partial charge in [0.15, 0.2) is 0 Å². The highest BCUT2D eigenvalue weighted by Crippen LogP contribution is 2.30. The van der Waals surface area contributed by atoms with Crippen LogP contribution in [0.1, 0.15) is 43.4 Å². The molecule has 158 valence electrons. The van der Waals surface area contributed by atoms with Gasteiger partial charge in [0, 0.05) is 32.2 Å². The summed E-state index contributed by atoms with van der Waals surface area (Å²) in [6, 6.07) is 4.60. The Hall–Kier alpha value is -2.61. The minimum Gasteiger partial charge on any atom is -0.447 e. The van der Waals surface area contributed by atoms with E-state index in [0.29, 0.717) is 31.4 Å². The van der Waals surface area contributed by atoms with Gasteiger partial charge in [-0.3, -0.25) is 4.90 Å². The molecule has 1 fully saturated rings. The molecule has 0 spiro atoms. The molecule has 1 aliphatic heterocycles. The van der Waals surface area contributed by atoms with Gasteiger partial charge in [-0.2, -0.15) is 0 Å². The summed E-state index contributed by atoms with van der Waals surface area (Å²) in [5, 5.41) is 14.5. The van der Waals surface area contributed by atoms with E-state index in [1.54, 1.807) is 6.92 Å². The maximum atomic E-state index is 12.7. The predicted molar refractivity (Wildman–Crippen MR) is 112 cm³/mol. The number of piperazine rings is 1. The summed E-state index contributed by atoms with van der Waals surface area (Å²) < 4.78 is 11.0. The lowest BCUT2D eigenvalue weighted by Gasteiger charge is -2.45. The zero-order valence-corrected chi connectivity index (χ0v) is 18.1. The molecule has 0 aliphatic carbocycles. The molecule has 29 heavy (non-hydrogen) atoms. The highest BCUT2D eigenvalue weighted by atomic mass is 16.6. The number of aromatic nitrogens is 2. The van der Waals surface area contributed by atoms with Crippen LogP contribution in [0.4, 0.5) is 16.5 Å². The number of hydrogen-bond acceptors (Lipinski definition) is 7. The van der Waals surface area contributed by atoms with E-state index < -0.39 is 0 Å². The Kier molecular flexibility index (Phi) is 6.12. The number of carbonyl (C=O) groups excluding carboxylic acids is 1. The van der Waals surface area contributed by atoms with E-state index in [1.165, 1.54) is 0 Å². The van der Waals surface area contributed by atoms with E-state index >= 15 is 0 Å². The van der Waals surface area contributed by atoms with Crippen LogP contribution in [-0.2, 0) is 11.2 Å². The van der Waals surface area contributed by atoms with Gasteiger partial charge in [0.1, 0.15) is 0 Å². The van der Waals surface area contributed by atoms with E-state index in [-0.39, 0.29) is 17.7 Å². The fraction of sp³-hybridized carbons (Fsp3) is 0.571. The van der Waals surface area contributed by atoms with Gasteiger partial charge < -0.3 is 19.8 Å². The van der Waals surface area contributed by atoms with Crippen LogP contribution in [0.3, 0.4) is 0 Å². The smallest absolute Gasteiger partial charge is 0.410 e. The fourth-order valence-corrected chi connectivity index (χ4v) is 3.77. The minimum atomic E-state index is -0.388. The van der Waals surface area contributed by atoms with Crippen molar-refractivity contribution in [2.75, 3.05) is 25.0 Å². The van der Waals surface area contributed by atoms with Crippen molar-refractivity contribution in [1.29, 1.82) is 0 Å². The molecule has 2 N–H and O–H groups in total. The molecule has 1 aromatic carbocycles. The molecule has 8 heteroatoms. The molecule has 1 saturated heterocycles. The van der Waals surface area contributed by atoms with E-state index in [0.717, 1.165) is 28.9 Å². The largest absolute Gasteiger partial charge is 0.447 e. The normalized spacial score (nSPS) is 19.5. The lowest BCUT2D eigenvalue weighted by Crippen LogP contribution is -2.62. The van der Waals surface area contributed by atoms with Crippen LogP contribution in [0.15, 0.2) is 16.5 Å². The Bertz CT molecular complexity index is 879. The van der Waals surface area contributed by atoms with Gasteiger partial charge in [-0.25, -0.2) is 4.79 Å². The molecule has 2 aromatic rings. The minimum absolute atomic E-state index is 0.143. The Morgan fingerprint density at radius 3 is 2.76 bits per heavy atom. The van der Waals surface area contributed by atoms with Crippen LogP contribution in [-0.4, -0.2) is 52.5 Å². The summed E-state index contributed by atoms with van der Waals surface area (Å²) in [6.07, 6.45) is 0.308. The average molecular weight is 402 g/mol. The number of hydrogen-bond donors (Lipinski definition) is 2. The number of nitrogens with zero attached hydrogens (tertiary/aromatic N) is 3. The number of benzene rings is 1. The highest BCUT2D eigenvalue weighted by Gasteiger charge is 2.39. The van der Waals surface area contributed by atoms with Gasteiger partial charge in [-0.15, -0.1) is 5.10 Å². The third-order valence-corrected chi connectivity index (χ3v) is 5.23. The lowest BCUT2D eigenvalue weighted by molar-refractivity contribution is 0.0272. The molecule has 1 amide bonds. The van der Waals surface area contributed by atoms with Gasteiger partial charge in [0.25, 0.3) is 0 Å². The third-order valence-electron chi connectivity index (χ3n) is 5.23. The maximum absolute atomic E-state index is 12.7. The van der Waals surface area contributed by atoms with Crippen molar-refractivity contribution in [2.24, 2.45) is 0 Å². The van der Waals surface area contributed by atoms with Crippen LogP contribution in [0.25, 0.3) is 0 Å². The quantitative estimate of drug-likeness (QED) is 0.792. The summed E-state index contributed by atoms with van der Waals surface area (Å²) in [6.45, 7) is 13.8. The standard InChI is InChI=1S/C21H31N5O3/c1-13(2)28-20(27)26-8-7-22-12-21(26,6)11-17-9-14(3)10-18(15(17)4)23-19-25-24-16(5)29-19/h9-10,13,22H,7-8,11-12H2,1-6H3,(H,23,25)/t21-/m0/s1. The van der Waals surface area contributed by atoms with Crippen LogP contribution in [0, 0.1) is 20.8 Å². The fourth-order valence-electron chi connectivity index (χ4n) is 3.77. The van der Waals surface area contributed by atoms with Crippen LogP contribution in [0.5, 0.6) is 0 Å². The average Bonchev–Trinajstić information content (AvgIpc) is 3.03. The Morgan fingerprint density at radius 1 is 1.34 bits per heavy atom. The topological polar surface area (TPSA) is 92.5 Å². The van der Waals surface area contributed by atoms with E-state index in [9.17, 15) is 4.79 Å². The number of aryl methyl sites for hydroxylation is 2. The van der Waals surface area contributed by atoms with Crippen molar-refractivity contribution in [3.8, 4) is 0 Å². The molecule has 1 atom stereocenters. The number of nitrogens with one attached hydrogen (secondary N) is 2. The zero-order chi connectivity index (χ0) is 21.2. The van der Waals surface area contributed by atoms with Gasteiger partial charge in [-0.1, -0.05) is 11.2 Å². The molecule has 8 nitrogen and oxygen atoms in total. The SMILES string of the molecule is Cc1cc(C[C@@]2(C)CNCCN2C(=O)OC(C)C)c(C)c(Nc2nnc(C)o2)c1. The summed E-state index contributed by atoms with van der Waals surface area (Å²) in [7, 11) is 0. The van der Waals surface area contributed by atoms with Gasteiger partial charge >= 0.3 is 12.1 Å². The number of ether oxygens (including phenoxy) is 1. The van der Waals surface area contributed by atoms with Crippen LogP contribution in [0.2, 0.25) is 0 Å². The second-order valence-electron chi connectivity index (χ2n) is 8.28. The first-order chi connectivity index (χ1) is 13.7.